The smallest absolute Gasteiger partial charge is 0.184 e. The molecule has 0 bridgehead atoms. The standard InChI is InChI=1S/C19H27ClN2O2S/c1-14(2)12-17-18(21-19(20)25-17)15-6-5-7-16(13-15)24-11-10-23-9-8-22(3)4/h5-7,13-14H,8-12H2,1-4H3. The number of thiazole rings is 1. The number of rotatable bonds is 10. The summed E-state index contributed by atoms with van der Waals surface area (Å²) in [4.78, 5) is 7.83. The third-order valence-corrected chi connectivity index (χ3v) is 4.73. The molecule has 0 aliphatic carbocycles. The zero-order valence-corrected chi connectivity index (χ0v) is 17.0. The molecule has 0 saturated carbocycles. The van der Waals surface area contributed by atoms with Crippen LogP contribution >= 0.6 is 22.9 Å². The van der Waals surface area contributed by atoms with Crippen LogP contribution in [0.2, 0.25) is 4.47 Å². The van der Waals surface area contributed by atoms with Crippen molar-refractivity contribution < 1.29 is 9.47 Å². The van der Waals surface area contributed by atoms with Gasteiger partial charge in [-0.1, -0.05) is 37.6 Å². The summed E-state index contributed by atoms with van der Waals surface area (Å²) in [6.45, 7) is 7.15. The first-order valence-corrected chi connectivity index (χ1v) is 9.76. The minimum Gasteiger partial charge on any atom is -0.491 e. The highest BCUT2D eigenvalue weighted by Gasteiger charge is 2.14. The van der Waals surface area contributed by atoms with Crippen molar-refractivity contribution in [1.82, 2.24) is 9.88 Å². The van der Waals surface area contributed by atoms with Gasteiger partial charge in [-0.15, -0.1) is 11.3 Å². The molecule has 0 saturated heterocycles. The fourth-order valence-electron chi connectivity index (χ4n) is 2.36. The Bertz CT molecular complexity index is 659. The number of aromatic nitrogens is 1. The van der Waals surface area contributed by atoms with Gasteiger partial charge in [-0.3, -0.25) is 0 Å². The zero-order valence-electron chi connectivity index (χ0n) is 15.4. The van der Waals surface area contributed by atoms with E-state index >= 15 is 0 Å². The van der Waals surface area contributed by atoms with Gasteiger partial charge < -0.3 is 14.4 Å². The summed E-state index contributed by atoms with van der Waals surface area (Å²) < 4.78 is 11.9. The summed E-state index contributed by atoms with van der Waals surface area (Å²) in [7, 11) is 4.06. The molecule has 4 nitrogen and oxygen atoms in total. The maximum Gasteiger partial charge on any atom is 0.184 e. The molecule has 138 valence electrons. The van der Waals surface area contributed by atoms with Crippen LogP contribution in [0.1, 0.15) is 18.7 Å². The third-order valence-electron chi connectivity index (χ3n) is 3.55. The SMILES string of the molecule is CC(C)Cc1sc(Cl)nc1-c1cccc(OCCOCCN(C)C)c1. The molecule has 1 aromatic carbocycles. The van der Waals surface area contributed by atoms with E-state index in [4.69, 9.17) is 21.1 Å². The van der Waals surface area contributed by atoms with Crippen LogP contribution in [0, 0.1) is 5.92 Å². The summed E-state index contributed by atoms with van der Waals surface area (Å²) in [6, 6.07) is 8.02. The molecule has 2 rings (SSSR count). The molecule has 0 spiro atoms. The molecule has 25 heavy (non-hydrogen) atoms. The Morgan fingerprint density at radius 1 is 1.20 bits per heavy atom. The molecular formula is C19H27ClN2O2S. The van der Waals surface area contributed by atoms with Gasteiger partial charge in [-0.05, 0) is 38.6 Å². The number of hydrogen-bond acceptors (Lipinski definition) is 5. The van der Waals surface area contributed by atoms with Gasteiger partial charge in [0.15, 0.2) is 4.47 Å². The van der Waals surface area contributed by atoms with E-state index in [0.717, 1.165) is 30.0 Å². The van der Waals surface area contributed by atoms with E-state index < -0.39 is 0 Å². The average Bonchev–Trinajstić information content (AvgIpc) is 2.90. The Labute approximate surface area is 159 Å². The molecule has 0 unspecified atom stereocenters. The average molecular weight is 383 g/mol. The zero-order chi connectivity index (χ0) is 18.2. The molecule has 0 amide bonds. The highest BCUT2D eigenvalue weighted by Crippen LogP contribution is 2.34. The van der Waals surface area contributed by atoms with E-state index in [9.17, 15) is 0 Å². The van der Waals surface area contributed by atoms with Crippen molar-refractivity contribution in [2.75, 3.05) is 40.5 Å². The van der Waals surface area contributed by atoms with Crippen LogP contribution in [0.25, 0.3) is 11.3 Å². The van der Waals surface area contributed by atoms with Crippen LogP contribution in [-0.4, -0.2) is 50.3 Å². The fourth-order valence-corrected chi connectivity index (χ4v) is 3.74. The van der Waals surface area contributed by atoms with Crippen molar-refractivity contribution in [3.63, 3.8) is 0 Å². The van der Waals surface area contributed by atoms with Gasteiger partial charge in [0.05, 0.1) is 18.9 Å². The molecule has 0 aliphatic heterocycles. The number of hydrogen-bond donors (Lipinski definition) is 0. The summed E-state index contributed by atoms with van der Waals surface area (Å²) in [5, 5.41) is 0. The first-order chi connectivity index (χ1) is 12.0. The lowest BCUT2D eigenvalue weighted by atomic mass is 10.0. The van der Waals surface area contributed by atoms with Crippen LogP contribution in [0.3, 0.4) is 0 Å². The van der Waals surface area contributed by atoms with Crippen molar-refractivity contribution in [3.8, 4) is 17.0 Å². The van der Waals surface area contributed by atoms with Crippen molar-refractivity contribution in [1.29, 1.82) is 0 Å². The predicted octanol–water partition coefficient (Wildman–Crippen LogP) is 4.62. The van der Waals surface area contributed by atoms with Crippen molar-refractivity contribution in [2.24, 2.45) is 5.92 Å². The maximum absolute atomic E-state index is 6.15. The van der Waals surface area contributed by atoms with Crippen molar-refractivity contribution in [2.45, 2.75) is 20.3 Å². The maximum atomic E-state index is 6.15. The number of likely N-dealkylation sites (N-methyl/N-ethyl adjacent to an activating group) is 1. The Kier molecular flexibility index (Phi) is 8.16. The molecule has 2 aromatic rings. The Hall–Kier alpha value is -1.14. The van der Waals surface area contributed by atoms with Crippen LogP contribution in [0.5, 0.6) is 5.75 Å². The van der Waals surface area contributed by atoms with Gasteiger partial charge in [0.25, 0.3) is 0 Å². The second-order valence-corrected chi connectivity index (χ2v) is 8.29. The molecule has 0 aliphatic rings. The topological polar surface area (TPSA) is 34.6 Å². The van der Waals surface area contributed by atoms with Gasteiger partial charge in [-0.25, -0.2) is 4.98 Å². The predicted molar refractivity (Wildman–Crippen MR) is 106 cm³/mol. The normalized spacial score (nSPS) is 11.5. The summed E-state index contributed by atoms with van der Waals surface area (Å²) >= 11 is 7.71. The monoisotopic (exact) mass is 382 g/mol. The lowest BCUT2D eigenvalue weighted by molar-refractivity contribution is 0.0890. The van der Waals surface area contributed by atoms with Crippen LogP contribution in [0.4, 0.5) is 0 Å². The van der Waals surface area contributed by atoms with E-state index in [0.29, 0.717) is 30.2 Å². The molecule has 6 heteroatoms. The first kappa shape index (κ1) is 20.2. The molecule has 0 fully saturated rings. The number of halogens is 1. The molecule has 1 aromatic heterocycles. The molecule has 0 radical (unpaired) electrons. The van der Waals surface area contributed by atoms with Crippen LogP contribution < -0.4 is 4.74 Å². The van der Waals surface area contributed by atoms with E-state index in [1.807, 2.05) is 32.3 Å². The van der Waals surface area contributed by atoms with Gasteiger partial charge in [0.2, 0.25) is 0 Å². The largest absolute Gasteiger partial charge is 0.491 e. The van der Waals surface area contributed by atoms with Gasteiger partial charge >= 0.3 is 0 Å². The van der Waals surface area contributed by atoms with E-state index in [-0.39, 0.29) is 0 Å². The van der Waals surface area contributed by atoms with Gasteiger partial charge in [-0.2, -0.15) is 0 Å². The second-order valence-electron chi connectivity index (χ2n) is 6.63. The summed E-state index contributed by atoms with van der Waals surface area (Å²) in [5.74, 6) is 1.39. The van der Waals surface area contributed by atoms with Crippen molar-refractivity contribution >= 4 is 22.9 Å². The van der Waals surface area contributed by atoms with Crippen LogP contribution in [-0.2, 0) is 11.2 Å². The minimum absolute atomic E-state index is 0.535. The Morgan fingerprint density at radius 3 is 2.72 bits per heavy atom. The quantitative estimate of drug-likeness (QED) is 0.561. The van der Waals surface area contributed by atoms with Gasteiger partial charge in [0.1, 0.15) is 12.4 Å². The second kappa shape index (κ2) is 10.1. The van der Waals surface area contributed by atoms with E-state index in [1.54, 1.807) is 11.3 Å². The van der Waals surface area contributed by atoms with Crippen LogP contribution in [0.15, 0.2) is 24.3 Å². The van der Waals surface area contributed by atoms with E-state index in [2.05, 4.69) is 29.8 Å². The summed E-state index contributed by atoms with van der Waals surface area (Å²) in [6.07, 6.45) is 0.977. The molecule has 0 N–H and O–H groups in total. The number of ether oxygens (including phenoxy) is 2. The lowest BCUT2D eigenvalue weighted by Crippen LogP contribution is -2.19. The highest BCUT2D eigenvalue weighted by atomic mass is 35.5. The fraction of sp³-hybridized carbons (Fsp3) is 0.526. The minimum atomic E-state index is 0.535. The highest BCUT2D eigenvalue weighted by molar-refractivity contribution is 7.16. The third kappa shape index (κ3) is 6.94. The van der Waals surface area contributed by atoms with E-state index in [1.165, 1.54) is 4.88 Å². The molecule has 0 atom stereocenters. The molecular weight excluding hydrogens is 356 g/mol. The number of benzene rings is 1. The number of nitrogens with zero attached hydrogens (tertiary/aromatic N) is 2. The molecule has 1 heterocycles. The summed E-state index contributed by atoms with van der Waals surface area (Å²) in [5.41, 5.74) is 2.02. The first-order valence-electron chi connectivity index (χ1n) is 8.56. The Morgan fingerprint density at radius 2 is 2.00 bits per heavy atom. The van der Waals surface area contributed by atoms with Gasteiger partial charge in [0, 0.05) is 17.0 Å². The Balaban J connectivity index is 1.95. The van der Waals surface area contributed by atoms with Crippen molar-refractivity contribution in [3.05, 3.63) is 33.6 Å². The lowest BCUT2D eigenvalue weighted by Gasteiger charge is -2.11.